The van der Waals surface area contributed by atoms with Crippen LogP contribution >= 0.6 is 11.3 Å². The molecule has 1 saturated heterocycles. The van der Waals surface area contributed by atoms with E-state index in [4.69, 9.17) is 5.11 Å². The molecule has 2 heterocycles. The van der Waals surface area contributed by atoms with Crippen LogP contribution in [0.5, 0.6) is 0 Å². The number of aliphatic carboxylic acids is 1. The second-order valence-corrected chi connectivity index (χ2v) is 7.22. The lowest BCUT2D eigenvalue weighted by Crippen LogP contribution is -2.29. The molecule has 1 aromatic carbocycles. The first-order valence-electron chi connectivity index (χ1n) is 8.42. The Morgan fingerprint density at radius 1 is 1.25 bits per heavy atom. The second-order valence-electron chi connectivity index (χ2n) is 6.14. The summed E-state index contributed by atoms with van der Waals surface area (Å²) in [4.78, 5) is 18.7. The maximum absolute atomic E-state index is 10.7. The molecule has 0 amide bonds. The normalized spacial score (nSPS) is 14.6. The number of anilines is 3. The van der Waals surface area contributed by atoms with Crippen LogP contribution in [0.4, 0.5) is 16.5 Å². The van der Waals surface area contributed by atoms with Gasteiger partial charge in [0.05, 0.1) is 12.1 Å². The average molecular weight is 345 g/mol. The molecular formula is C18H23N3O2S. The first kappa shape index (κ1) is 16.8. The highest BCUT2D eigenvalue weighted by molar-refractivity contribution is 7.15. The number of nitrogens with one attached hydrogen (secondary N) is 1. The van der Waals surface area contributed by atoms with E-state index >= 15 is 0 Å². The zero-order valence-corrected chi connectivity index (χ0v) is 14.7. The number of thiazole rings is 1. The third-order valence-corrected chi connectivity index (χ3v) is 5.43. The first-order valence-corrected chi connectivity index (χ1v) is 9.23. The van der Waals surface area contributed by atoms with Gasteiger partial charge in [-0.25, -0.2) is 4.98 Å². The molecule has 0 atom stereocenters. The van der Waals surface area contributed by atoms with Crippen molar-refractivity contribution in [3.05, 3.63) is 34.8 Å². The van der Waals surface area contributed by atoms with Crippen molar-refractivity contribution in [2.45, 2.75) is 39.0 Å². The molecule has 5 nitrogen and oxygen atoms in total. The fraction of sp³-hybridized carbons (Fsp3) is 0.444. The Hall–Kier alpha value is -2.08. The van der Waals surface area contributed by atoms with Gasteiger partial charge in [0.1, 0.15) is 0 Å². The van der Waals surface area contributed by atoms with Gasteiger partial charge in [-0.3, -0.25) is 4.79 Å². The van der Waals surface area contributed by atoms with Crippen molar-refractivity contribution in [1.29, 1.82) is 0 Å². The summed E-state index contributed by atoms with van der Waals surface area (Å²) < 4.78 is 0. The highest BCUT2D eigenvalue weighted by Crippen LogP contribution is 2.28. The topological polar surface area (TPSA) is 65.5 Å². The summed E-state index contributed by atoms with van der Waals surface area (Å²) in [6.07, 6.45) is 4.57. The van der Waals surface area contributed by atoms with Crippen LogP contribution in [0.15, 0.2) is 24.3 Å². The Labute approximate surface area is 146 Å². The van der Waals surface area contributed by atoms with Crippen LogP contribution in [0.1, 0.15) is 36.3 Å². The number of carbonyl (C=O) groups is 1. The Bertz CT molecular complexity index is 691. The summed E-state index contributed by atoms with van der Waals surface area (Å²) in [7, 11) is 0. The number of benzene rings is 1. The van der Waals surface area contributed by atoms with E-state index < -0.39 is 5.97 Å². The largest absolute Gasteiger partial charge is 0.481 e. The summed E-state index contributed by atoms with van der Waals surface area (Å²) in [5.41, 5.74) is 3.20. The molecule has 0 aliphatic carbocycles. The number of piperidine rings is 1. The van der Waals surface area contributed by atoms with E-state index in [0.717, 1.165) is 34.5 Å². The van der Waals surface area contributed by atoms with Crippen molar-refractivity contribution in [3.63, 3.8) is 0 Å². The molecule has 1 aliphatic rings. The monoisotopic (exact) mass is 345 g/mol. The molecule has 6 heteroatoms. The van der Waals surface area contributed by atoms with Crippen molar-refractivity contribution >= 4 is 33.8 Å². The maximum atomic E-state index is 10.7. The minimum Gasteiger partial charge on any atom is -0.481 e. The van der Waals surface area contributed by atoms with Gasteiger partial charge < -0.3 is 15.3 Å². The van der Waals surface area contributed by atoms with E-state index in [9.17, 15) is 4.79 Å². The van der Waals surface area contributed by atoms with Gasteiger partial charge in [-0.2, -0.15) is 0 Å². The van der Waals surface area contributed by atoms with Crippen LogP contribution in [0, 0.1) is 6.92 Å². The zero-order chi connectivity index (χ0) is 16.9. The molecule has 3 rings (SSSR count). The molecule has 2 N–H and O–H groups in total. The molecule has 24 heavy (non-hydrogen) atoms. The Morgan fingerprint density at radius 2 is 1.96 bits per heavy atom. The standard InChI is InChI=1S/C18H23N3O2S/c1-13-16(9-10-17(22)23)24-18(19-13)20-14-5-7-15(8-6-14)21-11-3-2-4-12-21/h5-8H,2-4,9-12H2,1H3,(H,19,20)(H,22,23). The highest BCUT2D eigenvalue weighted by atomic mass is 32.1. The lowest BCUT2D eigenvalue weighted by molar-refractivity contribution is -0.136. The molecule has 0 bridgehead atoms. The summed E-state index contributed by atoms with van der Waals surface area (Å²) >= 11 is 1.53. The van der Waals surface area contributed by atoms with E-state index in [-0.39, 0.29) is 6.42 Å². The van der Waals surface area contributed by atoms with E-state index in [0.29, 0.717) is 6.42 Å². The third-order valence-electron chi connectivity index (χ3n) is 4.30. The van der Waals surface area contributed by atoms with Gasteiger partial charge >= 0.3 is 5.97 Å². The smallest absolute Gasteiger partial charge is 0.303 e. The van der Waals surface area contributed by atoms with Crippen molar-refractivity contribution in [1.82, 2.24) is 4.98 Å². The third kappa shape index (κ3) is 4.26. The number of aryl methyl sites for hydroxylation is 2. The molecule has 1 aliphatic heterocycles. The Balaban J connectivity index is 1.63. The fourth-order valence-corrected chi connectivity index (χ4v) is 3.95. The predicted molar refractivity (Wildman–Crippen MR) is 98.6 cm³/mol. The molecule has 0 unspecified atom stereocenters. The molecule has 0 radical (unpaired) electrons. The van der Waals surface area contributed by atoms with E-state index in [2.05, 4.69) is 39.5 Å². The van der Waals surface area contributed by atoms with Crippen molar-refractivity contribution in [3.8, 4) is 0 Å². The number of hydrogen-bond acceptors (Lipinski definition) is 5. The van der Waals surface area contributed by atoms with Crippen molar-refractivity contribution in [2.24, 2.45) is 0 Å². The van der Waals surface area contributed by atoms with Gasteiger partial charge in [0.2, 0.25) is 0 Å². The van der Waals surface area contributed by atoms with Gasteiger partial charge in [-0.15, -0.1) is 11.3 Å². The lowest BCUT2D eigenvalue weighted by Gasteiger charge is -2.28. The Morgan fingerprint density at radius 3 is 2.62 bits per heavy atom. The number of nitrogens with zero attached hydrogens (tertiary/aromatic N) is 2. The van der Waals surface area contributed by atoms with Gasteiger partial charge in [0.15, 0.2) is 5.13 Å². The average Bonchev–Trinajstić information content (AvgIpc) is 2.94. The van der Waals surface area contributed by atoms with Crippen molar-refractivity contribution in [2.75, 3.05) is 23.3 Å². The number of carboxylic acid groups (broad SMARTS) is 1. The zero-order valence-electron chi connectivity index (χ0n) is 13.9. The molecule has 1 fully saturated rings. The van der Waals surface area contributed by atoms with Gasteiger partial charge in [-0.1, -0.05) is 0 Å². The maximum Gasteiger partial charge on any atom is 0.303 e. The summed E-state index contributed by atoms with van der Waals surface area (Å²) in [5, 5.41) is 12.9. The highest BCUT2D eigenvalue weighted by Gasteiger charge is 2.12. The summed E-state index contributed by atoms with van der Waals surface area (Å²) in [6.45, 7) is 4.22. The molecule has 2 aromatic rings. The first-order chi connectivity index (χ1) is 11.6. The van der Waals surface area contributed by atoms with Gasteiger partial charge in [-0.05, 0) is 56.9 Å². The van der Waals surface area contributed by atoms with E-state index in [1.54, 1.807) is 0 Å². The van der Waals surface area contributed by atoms with Gasteiger partial charge in [0.25, 0.3) is 0 Å². The van der Waals surface area contributed by atoms with Crippen molar-refractivity contribution < 1.29 is 9.90 Å². The molecule has 0 saturated carbocycles. The number of hydrogen-bond donors (Lipinski definition) is 2. The second kappa shape index (κ2) is 7.66. The molecule has 1 aromatic heterocycles. The van der Waals surface area contributed by atoms with Crippen LogP contribution < -0.4 is 10.2 Å². The lowest BCUT2D eigenvalue weighted by atomic mass is 10.1. The van der Waals surface area contributed by atoms with Crippen LogP contribution in [-0.2, 0) is 11.2 Å². The minimum atomic E-state index is -0.773. The van der Waals surface area contributed by atoms with E-state index in [1.165, 1.54) is 36.3 Å². The van der Waals surface area contributed by atoms with Gasteiger partial charge in [0, 0.05) is 29.3 Å². The van der Waals surface area contributed by atoms with Crippen LogP contribution in [-0.4, -0.2) is 29.1 Å². The SMILES string of the molecule is Cc1nc(Nc2ccc(N3CCCCC3)cc2)sc1CCC(=O)O. The minimum absolute atomic E-state index is 0.146. The van der Waals surface area contributed by atoms with Crippen LogP contribution in [0.2, 0.25) is 0 Å². The number of aromatic nitrogens is 1. The fourth-order valence-electron chi connectivity index (χ4n) is 2.97. The molecule has 0 spiro atoms. The summed E-state index contributed by atoms with van der Waals surface area (Å²) in [6, 6.07) is 8.47. The Kier molecular flexibility index (Phi) is 5.35. The predicted octanol–water partition coefficient (Wildman–Crippen LogP) is 4.20. The number of rotatable bonds is 6. The molecular weight excluding hydrogens is 322 g/mol. The van der Waals surface area contributed by atoms with Crippen LogP contribution in [0.3, 0.4) is 0 Å². The quantitative estimate of drug-likeness (QED) is 0.821. The summed E-state index contributed by atoms with van der Waals surface area (Å²) in [5.74, 6) is -0.773. The van der Waals surface area contributed by atoms with E-state index in [1.807, 2.05) is 6.92 Å². The molecule has 128 valence electrons. The number of carboxylic acids is 1. The van der Waals surface area contributed by atoms with Crippen LogP contribution in [0.25, 0.3) is 0 Å².